The molecule has 2 heterocycles. The first-order chi connectivity index (χ1) is 12.5. The minimum absolute atomic E-state index is 0.108. The van der Waals surface area contributed by atoms with Gasteiger partial charge in [-0.2, -0.15) is 0 Å². The summed E-state index contributed by atoms with van der Waals surface area (Å²) in [6, 6.07) is -1.55. The van der Waals surface area contributed by atoms with Crippen molar-refractivity contribution in [3.8, 4) is 0 Å². The standard InChI is InChI=1S/C16H19N3O8/c1-16(2,3)26-15(25)17-9(8-18-10(20)4-5-11(18)21)14(24)27-19-12(22)6-7-13(19)23/h4-5,9H,6-8H2,1-3H3,(H,17,25)/t9-/m0/s1. The van der Waals surface area contributed by atoms with Crippen LogP contribution in [0.1, 0.15) is 33.6 Å². The van der Waals surface area contributed by atoms with Gasteiger partial charge in [-0.3, -0.25) is 24.1 Å². The van der Waals surface area contributed by atoms with Crippen LogP contribution in [0.25, 0.3) is 0 Å². The van der Waals surface area contributed by atoms with Crippen molar-refractivity contribution in [2.24, 2.45) is 0 Å². The first kappa shape index (κ1) is 20.1. The van der Waals surface area contributed by atoms with Gasteiger partial charge in [0.1, 0.15) is 5.60 Å². The summed E-state index contributed by atoms with van der Waals surface area (Å²) in [7, 11) is 0. The zero-order valence-corrected chi connectivity index (χ0v) is 15.0. The van der Waals surface area contributed by atoms with Gasteiger partial charge >= 0.3 is 12.1 Å². The number of nitrogens with zero attached hydrogens (tertiary/aromatic N) is 2. The van der Waals surface area contributed by atoms with Crippen LogP contribution < -0.4 is 5.32 Å². The number of amides is 5. The highest BCUT2D eigenvalue weighted by Gasteiger charge is 2.38. The largest absolute Gasteiger partial charge is 0.444 e. The van der Waals surface area contributed by atoms with Crippen molar-refractivity contribution in [2.75, 3.05) is 6.54 Å². The van der Waals surface area contributed by atoms with Crippen molar-refractivity contribution in [3.05, 3.63) is 12.2 Å². The summed E-state index contributed by atoms with van der Waals surface area (Å²) in [5, 5.41) is 2.49. The number of hydrogen-bond donors (Lipinski definition) is 1. The van der Waals surface area contributed by atoms with Crippen molar-refractivity contribution >= 4 is 35.7 Å². The molecule has 1 N–H and O–H groups in total. The lowest BCUT2D eigenvalue weighted by atomic mass is 10.2. The van der Waals surface area contributed by atoms with Crippen molar-refractivity contribution in [1.29, 1.82) is 0 Å². The second-order valence-corrected chi connectivity index (χ2v) is 6.81. The molecule has 2 rings (SSSR count). The van der Waals surface area contributed by atoms with Gasteiger partial charge in [0.15, 0.2) is 6.04 Å². The number of nitrogens with one attached hydrogen (secondary N) is 1. The Morgan fingerprint density at radius 3 is 2.07 bits per heavy atom. The monoisotopic (exact) mass is 381 g/mol. The fourth-order valence-electron chi connectivity index (χ4n) is 2.23. The molecule has 2 aliphatic rings. The average molecular weight is 381 g/mol. The molecule has 0 aromatic rings. The molecule has 0 unspecified atom stereocenters. The van der Waals surface area contributed by atoms with E-state index in [0.29, 0.717) is 9.96 Å². The molecule has 27 heavy (non-hydrogen) atoms. The highest BCUT2D eigenvalue weighted by Crippen LogP contribution is 2.14. The van der Waals surface area contributed by atoms with Gasteiger partial charge in [0, 0.05) is 25.0 Å². The van der Waals surface area contributed by atoms with Crippen molar-refractivity contribution in [3.63, 3.8) is 0 Å². The summed E-state index contributed by atoms with van der Waals surface area (Å²) in [5.41, 5.74) is -0.875. The van der Waals surface area contributed by atoms with Crippen molar-refractivity contribution in [1.82, 2.24) is 15.3 Å². The third kappa shape index (κ3) is 5.12. The lowest BCUT2D eigenvalue weighted by molar-refractivity contribution is -0.199. The lowest BCUT2D eigenvalue weighted by Crippen LogP contribution is -2.53. The number of carbonyl (C=O) groups is 6. The molecule has 11 nitrogen and oxygen atoms in total. The van der Waals surface area contributed by atoms with E-state index in [0.717, 1.165) is 12.2 Å². The zero-order valence-electron chi connectivity index (χ0n) is 15.0. The Kier molecular flexibility index (Phi) is 5.62. The second-order valence-electron chi connectivity index (χ2n) is 6.81. The molecule has 5 amide bonds. The number of hydroxylamine groups is 2. The van der Waals surface area contributed by atoms with Gasteiger partial charge < -0.3 is 14.9 Å². The molecule has 1 atom stereocenters. The summed E-state index contributed by atoms with van der Waals surface area (Å²) in [6.07, 6.45) is 0.792. The van der Waals surface area contributed by atoms with Crippen LogP contribution >= 0.6 is 0 Å². The average Bonchev–Trinajstić information content (AvgIpc) is 3.02. The molecular formula is C16H19N3O8. The van der Waals surface area contributed by atoms with Gasteiger partial charge in [-0.05, 0) is 20.8 Å². The van der Waals surface area contributed by atoms with Gasteiger partial charge in [-0.25, -0.2) is 9.59 Å². The van der Waals surface area contributed by atoms with Crippen molar-refractivity contribution < 1.29 is 38.3 Å². The summed E-state index contributed by atoms with van der Waals surface area (Å²) in [6.45, 7) is 4.23. The van der Waals surface area contributed by atoms with Crippen LogP contribution in [0.4, 0.5) is 4.79 Å². The van der Waals surface area contributed by atoms with Crippen LogP contribution in [0.2, 0.25) is 0 Å². The molecular weight excluding hydrogens is 362 g/mol. The van der Waals surface area contributed by atoms with Crippen LogP contribution in [0.5, 0.6) is 0 Å². The molecule has 0 aromatic heterocycles. The summed E-state index contributed by atoms with van der Waals surface area (Å²) < 4.78 is 5.04. The molecule has 1 saturated heterocycles. The molecule has 0 spiro atoms. The first-order valence-corrected chi connectivity index (χ1v) is 8.08. The van der Waals surface area contributed by atoms with Crippen LogP contribution in [0.15, 0.2) is 12.2 Å². The van der Waals surface area contributed by atoms with Crippen LogP contribution in [0, 0.1) is 0 Å². The second kappa shape index (κ2) is 7.56. The minimum atomic E-state index is -1.55. The van der Waals surface area contributed by atoms with Gasteiger partial charge in [0.25, 0.3) is 23.6 Å². The Labute approximate surface area is 154 Å². The Hall–Kier alpha value is -3.24. The van der Waals surface area contributed by atoms with E-state index in [1.807, 2.05) is 0 Å². The van der Waals surface area contributed by atoms with Crippen LogP contribution in [0.3, 0.4) is 0 Å². The zero-order chi connectivity index (χ0) is 20.4. The summed E-state index contributed by atoms with van der Waals surface area (Å²) in [5.74, 6) is -3.98. The molecule has 2 aliphatic heterocycles. The fraction of sp³-hybridized carbons (Fsp3) is 0.500. The number of hydrogen-bond acceptors (Lipinski definition) is 8. The Bertz CT molecular complexity index is 702. The van der Waals surface area contributed by atoms with Gasteiger partial charge in [0.2, 0.25) is 0 Å². The number of rotatable bonds is 5. The van der Waals surface area contributed by atoms with Gasteiger partial charge in [0.05, 0.1) is 6.54 Å². The molecule has 0 radical (unpaired) electrons. The fourth-order valence-corrected chi connectivity index (χ4v) is 2.23. The topological polar surface area (TPSA) is 139 Å². The van der Waals surface area contributed by atoms with E-state index < -0.39 is 53.9 Å². The number of imide groups is 2. The SMILES string of the molecule is CC(C)(C)OC(=O)N[C@@H](CN1C(=O)C=CC1=O)C(=O)ON1C(=O)CCC1=O. The van der Waals surface area contributed by atoms with Crippen LogP contribution in [-0.4, -0.2) is 63.8 Å². The lowest BCUT2D eigenvalue weighted by Gasteiger charge is -2.25. The Morgan fingerprint density at radius 2 is 1.59 bits per heavy atom. The molecule has 0 aliphatic carbocycles. The Balaban J connectivity index is 2.12. The van der Waals surface area contributed by atoms with Crippen molar-refractivity contribution in [2.45, 2.75) is 45.3 Å². The molecule has 1 fully saturated rings. The first-order valence-electron chi connectivity index (χ1n) is 8.08. The van der Waals surface area contributed by atoms with E-state index in [-0.39, 0.29) is 12.8 Å². The van der Waals surface area contributed by atoms with Gasteiger partial charge in [-0.1, -0.05) is 0 Å². The highest BCUT2D eigenvalue weighted by molar-refractivity contribution is 6.13. The molecule has 146 valence electrons. The Morgan fingerprint density at radius 1 is 1.07 bits per heavy atom. The quantitative estimate of drug-likeness (QED) is 0.624. The molecule has 0 saturated carbocycles. The van der Waals surface area contributed by atoms with Crippen LogP contribution in [-0.2, 0) is 33.5 Å². The molecule has 0 bridgehead atoms. The highest BCUT2D eigenvalue weighted by atomic mass is 16.7. The normalized spacial score (nSPS) is 18.2. The molecule has 11 heteroatoms. The number of alkyl carbamates (subject to hydrolysis) is 1. The third-order valence-electron chi connectivity index (χ3n) is 3.43. The molecule has 0 aromatic carbocycles. The maximum absolute atomic E-state index is 12.4. The van der Waals surface area contributed by atoms with E-state index in [9.17, 15) is 28.8 Å². The van der Waals surface area contributed by atoms with E-state index in [4.69, 9.17) is 9.57 Å². The maximum Gasteiger partial charge on any atom is 0.408 e. The van der Waals surface area contributed by atoms with E-state index in [1.165, 1.54) is 0 Å². The van der Waals surface area contributed by atoms with E-state index >= 15 is 0 Å². The van der Waals surface area contributed by atoms with Gasteiger partial charge in [-0.15, -0.1) is 5.06 Å². The maximum atomic E-state index is 12.4. The summed E-state index contributed by atoms with van der Waals surface area (Å²) in [4.78, 5) is 76.4. The third-order valence-corrected chi connectivity index (χ3v) is 3.43. The predicted molar refractivity (Wildman–Crippen MR) is 86.2 cm³/mol. The smallest absolute Gasteiger partial charge is 0.408 e. The predicted octanol–water partition coefficient (Wildman–Crippen LogP) is -0.588. The summed E-state index contributed by atoms with van der Waals surface area (Å²) >= 11 is 0. The number of carbonyl (C=O) groups excluding carboxylic acids is 6. The van der Waals surface area contributed by atoms with E-state index in [2.05, 4.69) is 5.32 Å². The number of ether oxygens (including phenoxy) is 1. The minimum Gasteiger partial charge on any atom is -0.444 e. The van der Waals surface area contributed by atoms with E-state index in [1.54, 1.807) is 20.8 Å².